The molecule has 0 spiro atoms. The third-order valence-corrected chi connectivity index (χ3v) is 3.62. The molecule has 0 saturated carbocycles. The molecule has 0 aliphatic heterocycles. The monoisotopic (exact) mass is 308 g/mol. The molecule has 2 aromatic carbocycles. The van der Waals surface area contributed by atoms with Crippen LogP contribution in [-0.4, -0.2) is 7.05 Å². The third kappa shape index (κ3) is 2.54. The number of benzene rings is 2. The smallest absolute Gasteiger partial charge is 0.123 e. The molecule has 94 valence electrons. The average molecular weight is 309 g/mol. The normalized spacial score (nSPS) is 10.4. The third-order valence-electron chi connectivity index (χ3n) is 2.87. The summed E-state index contributed by atoms with van der Waals surface area (Å²) in [5.74, 6) is -0.236. The van der Waals surface area contributed by atoms with Gasteiger partial charge in [-0.15, -0.1) is 0 Å². The summed E-state index contributed by atoms with van der Waals surface area (Å²) in [6.07, 6.45) is 0. The van der Waals surface area contributed by atoms with Crippen LogP contribution in [0.15, 0.2) is 46.9 Å². The second-order valence-electron chi connectivity index (χ2n) is 3.98. The molecule has 0 fully saturated rings. The van der Waals surface area contributed by atoms with Crippen molar-refractivity contribution in [2.24, 2.45) is 5.73 Å². The van der Waals surface area contributed by atoms with Crippen LogP contribution in [0, 0.1) is 5.82 Å². The summed E-state index contributed by atoms with van der Waals surface area (Å²) in [4.78, 5) is 1.99. The Labute approximate surface area is 114 Å². The van der Waals surface area contributed by atoms with Gasteiger partial charge in [0, 0.05) is 35.0 Å². The quantitative estimate of drug-likeness (QED) is 0.934. The molecule has 0 aliphatic rings. The van der Waals surface area contributed by atoms with Crippen molar-refractivity contribution < 1.29 is 4.39 Å². The van der Waals surface area contributed by atoms with Crippen LogP contribution in [0.4, 0.5) is 15.8 Å². The first kappa shape index (κ1) is 13.1. The first-order chi connectivity index (χ1) is 8.63. The van der Waals surface area contributed by atoms with Crippen molar-refractivity contribution >= 4 is 27.3 Å². The van der Waals surface area contributed by atoms with Gasteiger partial charge in [-0.05, 0) is 36.4 Å². The van der Waals surface area contributed by atoms with E-state index in [0.717, 1.165) is 21.4 Å². The van der Waals surface area contributed by atoms with Crippen LogP contribution in [0.25, 0.3) is 0 Å². The highest BCUT2D eigenvalue weighted by molar-refractivity contribution is 9.10. The molecule has 2 aromatic rings. The van der Waals surface area contributed by atoms with Gasteiger partial charge in [0.15, 0.2) is 0 Å². The zero-order valence-corrected chi connectivity index (χ0v) is 11.6. The van der Waals surface area contributed by atoms with Gasteiger partial charge in [-0.25, -0.2) is 4.39 Å². The summed E-state index contributed by atoms with van der Waals surface area (Å²) in [6.45, 7) is 0.447. The second-order valence-corrected chi connectivity index (χ2v) is 4.83. The van der Waals surface area contributed by atoms with E-state index in [4.69, 9.17) is 5.73 Å². The molecule has 0 saturated heterocycles. The van der Waals surface area contributed by atoms with Crippen molar-refractivity contribution in [1.29, 1.82) is 0 Å². The Bertz CT molecular complexity index is 540. The van der Waals surface area contributed by atoms with Gasteiger partial charge in [0.1, 0.15) is 5.82 Å². The number of hydrogen-bond donors (Lipinski definition) is 1. The summed E-state index contributed by atoms with van der Waals surface area (Å²) in [7, 11) is 1.94. The molecule has 2 rings (SSSR count). The summed E-state index contributed by atoms with van der Waals surface area (Å²) in [5, 5.41) is 0. The Balaban J connectivity index is 2.42. The van der Waals surface area contributed by atoms with Crippen molar-refractivity contribution in [1.82, 2.24) is 0 Å². The van der Waals surface area contributed by atoms with Crippen LogP contribution >= 0.6 is 15.9 Å². The minimum Gasteiger partial charge on any atom is -0.344 e. The minimum absolute atomic E-state index is 0.236. The van der Waals surface area contributed by atoms with Gasteiger partial charge in [0.05, 0.1) is 0 Å². The molecule has 0 bridgehead atoms. The molecule has 0 unspecified atom stereocenters. The highest BCUT2D eigenvalue weighted by Crippen LogP contribution is 2.31. The van der Waals surface area contributed by atoms with Gasteiger partial charge in [-0.1, -0.05) is 22.0 Å². The van der Waals surface area contributed by atoms with E-state index in [1.54, 1.807) is 12.1 Å². The Morgan fingerprint density at radius 2 is 1.83 bits per heavy atom. The highest BCUT2D eigenvalue weighted by Gasteiger charge is 2.10. The van der Waals surface area contributed by atoms with Crippen LogP contribution in [0.5, 0.6) is 0 Å². The first-order valence-corrected chi connectivity index (χ1v) is 6.39. The lowest BCUT2D eigenvalue weighted by Gasteiger charge is -2.23. The maximum Gasteiger partial charge on any atom is 0.123 e. The standard InChI is InChI=1S/C14H14BrFN2/c1-18(11-7-5-10(16)6-8-11)14-4-2-3-13(15)12(14)9-17/h2-8H,9,17H2,1H3. The molecule has 0 amide bonds. The van der Waals surface area contributed by atoms with Crippen LogP contribution in [-0.2, 0) is 6.54 Å². The molecule has 0 aromatic heterocycles. The Hall–Kier alpha value is -1.39. The molecular formula is C14H14BrFN2. The molecule has 0 radical (unpaired) electrons. The topological polar surface area (TPSA) is 29.3 Å². The summed E-state index contributed by atoms with van der Waals surface area (Å²) < 4.78 is 13.9. The lowest BCUT2D eigenvalue weighted by Crippen LogP contribution is -2.13. The summed E-state index contributed by atoms with van der Waals surface area (Å²) in [5.41, 5.74) is 8.74. The van der Waals surface area contributed by atoms with Crippen LogP contribution in [0.1, 0.15) is 5.56 Å². The number of rotatable bonds is 3. The lowest BCUT2D eigenvalue weighted by molar-refractivity contribution is 0.628. The fraction of sp³-hybridized carbons (Fsp3) is 0.143. The number of nitrogens with zero attached hydrogens (tertiary/aromatic N) is 1. The molecule has 0 heterocycles. The molecule has 18 heavy (non-hydrogen) atoms. The van der Waals surface area contributed by atoms with Gasteiger partial charge < -0.3 is 10.6 Å². The van der Waals surface area contributed by atoms with E-state index in [1.807, 2.05) is 30.1 Å². The van der Waals surface area contributed by atoms with E-state index in [9.17, 15) is 4.39 Å². The van der Waals surface area contributed by atoms with Gasteiger partial charge in [-0.2, -0.15) is 0 Å². The zero-order chi connectivity index (χ0) is 13.1. The first-order valence-electron chi connectivity index (χ1n) is 5.60. The van der Waals surface area contributed by atoms with E-state index >= 15 is 0 Å². The maximum absolute atomic E-state index is 12.9. The van der Waals surface area contributed by atoms with E-state index < -0.39 is 0 Å². The molecular weight excluding hydrogens is 295 g/mol. The second kappa shape index (κ2) is 5.50. The zero-order valence-electron chi connectivity index (χ0n) is 10.0. The largest absolute Gasteiger partial charge is 0.344 e. The molecule has 4 heteroatoms. The van der Waals surface area contributed by atoms with E-state index in [1.165, 1.54) is 12.1 Å². The molecule has 2 N–H and O–H groups in total. The van der Waals surface area contributed by atoms with Crippen molar-refractivity contribution in [3.8, 4) is 0 Å². The van der Waals surface area contributed by atoms with Crippen molar-refractivity contribution in [2.45, 2.75) is 6.54 Å². The Kier molecular flexibility index (Phi) is 3.99. The van der Waals surface area contributed by atoms with Crippen LogP contribution in [0.3, 0.4) is 0 Å². The van der Waals surface area contributed by atoms with Crippen LogP contribution < -0.4 is 10.6 Å². The van der Waals surface area contributed by atoms with Gasteiger partial charge in [0.25, 0.3) is 0 Å². The number of halogens is 2. The van der Waals surface area contributed by atoms with Crippen molar-refractivity contribution in [2.75, 3.05) is 11.9 Å². The van der Waals surface area contributed by atoms with Crippen molar-refractivity contribution in [3.05, 3.63) is 58.3 Å². The SMILES string of the molecule is CN(c1ccc(F)cc1)c1cccc(Br)c1CN. The number of hydrogen-bond acceptors (Lipinski definition) is 2. The highest BCUT2D eigenvalue weighted by atomic mass is 79.9. The minimum atomic E-state index is -0.236. The van der Waals surface area contributed by atoms with Gasteiger partial charge >= 0.3 is 0 Å². The van der Waals surface area contributed by atoms with E-state index in [2.05, 4.69) is 15.9 Å². The Morgan fingerprint density at radius 3 is 2.44 bits per heavy atom. The number of nitrogens with two attached hydrogens (primary N) is 1. The average Bonchev–Trinajstić information content (AvgIpc) is 2.38. The van der Waals surface area contributed by atoms with Crippen LogP contribution in [0.2, 0.25) is 0 Å². The molecule has 0 aliphatic carbocycles. The fourth-order valence-corrected chi connectivity index (χ4v) is 2.38. The summed E-state index contributed by atoms with van der Waals surface area (Å²) in [6, 6.07) is 12.3. The summed E-state index contributed by atoms with van der Waals surface area (Å²) >= 11 is 3.49. The van der Waals surface area contributed by atoms with Gasteiger partial charge in [-0.3, -0.25) is 0 Å². The predicted octanol–water partition coefficient (Wildman–Crippen LogP) is 3.81. The molecule has 2 nitrogen and oxygen atoms in total. The maximum atomic E-state index is 12.9. The van der Waals surface area contributed by atoms with Crippen molar-refractivity contribution in [3.63, 3.8) is 0 Å². The van der Waals surface area contributed by atoms with E-state index in [0.29, 0.717) is 6.54 Å². The fourth-order valence-electron chi connectivity index (χ4n) is 1.87. The molecule has 0 atom stereocenters. The number of anilines is 2. The van der Waals surface area contributed by atoms with Gasteiger partial charge in [0.2, 0.25) is 0 Å². The Morgan fingerprint density at radius 1 is 1.17 bits per heavy atom. The van der Waals surface area contributed by atoms with E-state index in [-0.39, 0.29) is 5.82 Å². The lowest BCUT2D eigenvalue weighted by atomic mass is 10.1. The predicted molar refractivity (Wildman–Crippen MR) is 76.5 cm³/mol.